The Kier molecular flexibility index (Phi) is 3.82. The molecular weight excluding hydrogens is 236 g/mol. The van der Waals surface area contributed by atoms with Crippen molar-refractivity contribution in [1.29, 1.82) is 5.26 Å². The van der Waals surface area contributed by atoms with Gasteiger partial charge in [0.05, 0.1) is 5.56 Å². The van der Waals surface area contributed by atoms with Gasteiger partial charge in [0.15, 0.2) is 0 Å². The molecule has 0 radical (unpaired) electrons. The van der Waals surface area contributed by atoms with Gasteiger partial charge in [-0.2, -0.15) is 5.26 Å². The summed E-state index contributed by atoms with van der Waals surface area (Å²) >= 11 is 6.07. The Balaban J connectivity index is 2.02. The zero-order valence-corrected chi connectivity index (χ0v) is 10.5. The highest BCUT2D eigenvalue weighted by molar-refractivity contribution is 6.34. The largest absolute Gasteiger partial charge is 0.367 e. The van der Waals surface area contributed by atoms with Crippen LogP contribution in [0.3, 0.4) is 0 Å². The van der Waals surface area contributed by atoms with Crippen LogP contribution in [0.5, 0.6) is 0 Å². The summed E-state index contributed by atoms with van der Waals surface area (Å²) in [5.74, 6) is 0.603. The molecular formula is C12H15ClN4. The second-order valence-corrected chi connectivity index (χ2v) is 4.67. The minimum absolute atomic E-state index is 0.413. The van der Waals surface area contributed by atoms with Crippen LogP contribution < -0.4 is 5.32 Å². The van der Waals surface area contributed by atoms with Crippen molar-refractivity contribution in [1.82, 2.24) is 9.88 Å². The number of aromatic nitrogens is 1. The van der Waals surface area contributed by atoms with Gasteiger partial charge >= 0.3 is 0 Å². The number of pyridine rings is 1. The fourth-order valence-electron chi connectivity index (χ4n) is 2.10. The molecule has 1 aliphatic heterocycles. The summed E-state index contributed by atoms with van der Waals surface area (Å²) in [5, 5.41) is 12.5. The van der Waals surface area contributed by atoms with Gasteiger partial charge in [0.1, 0.15) is 16.9 Å². The molecule has 1 aromatic heterocycles. The summed E-state index contributed by atoms with van der Waals surface area (Å²) in [5.41, 5.74) is 0.462. The van der Waals surface area contributed by atoms with Gasteiger partial charge in [0, 0.05) is 18.8 Å². The third kappa shape index (κ3) is 2.68. The maximum Gasteiger partial charge on any atom is 0.146 e. The van der Waals surface area contributed by atoms with Gasteiger partial charge in [-0.05, 0) is 32.5 Å². The first kappa shape index (κ1) is 12.2. The molecule has 0 spiro atoms. The average molecular weight is 251 g/mol. The van der Waals surface area contributed by atoms with E-state index in [0.717, 1.165) is 13.1 Å². The van der Waals surface area contributed by atoms with E-state index in [9.17, 15) is 0 Å². The molecule has 5 heteroatoms. The van der Waals surface area contributed by atoms with E-state index in [1.807, 2.05) is 0 Å². The van der Waals surface area contributed by atoms with Crippen LogP contribution in [0.25, 0.3) is 0 Å². The lowest BCUT2D eigenvalue weighted by atomic mass is 10.2. The van der Waals surface area contributed by atoms with Crippen LogP contribution in [0, 0.1) is 11.3 Å². The number of likely N-dealkylation sites (tertiary alicyclic amines) is 1. The SMILES string of the molecule is CN1CCCC1CNc1nccc(C#N)c1Cl. The van der Waals surface area contributed by atoms with Crippen molar-refractivity contribution >= 4 is 17.4 Å². The third-order valence-electron chi connectivity index (χ3n) is 3.19. The number of nitrogens with one attached hydrogen (secondary N) is 1. The quantitative estimate of drug-likeness (QED) is 0.893. The van der Waals surface area contributed by atoms with E-state index < -0.39 is 0 Å². The lowest BCUT2D eigenvalue weighted by Crippen LogP contribution is -2.31. The summed E-state index contributed by atoms with van der Waals surface area (Å²) in [4.78, 5) is 6.49. The van der Waals surface area contributed by atoms with E-state index in [4.69, 9.17) is 16.9 Å². The maximum absolute atomic E-state index is 8.87. The monoisotopic (exact) mass is 250 g/mol. The Morgan fingerprint density at radius 1 is 1.71 bits per heavy atom. The first-order valence-corrected chi connectivity index (χ1v) is 6.09. The summed E-state index contributed by atoms with van der Waals surface area (Å²) in [6, 6.07) is 4.20. The van der Waals surface area contributed by atoms with E-state index in [1.54, 1.807) is 12.3 Å². The molecule has 1 aliphatic rings. The molecule has 90 valence electrons. The highest BCUT2D eigenvalue weighted by Crippen LogP contribution is 2.23. The smallest absolute Gasteiger partial charge is 0.146 e. The highest BCUT2D eigenvalue weighted by atomic mass is 35.5. The molecule has 2 rings (SSSR count). The summed E-state index contributed by atoms with van der Waals surface area (Å²) in [6.07, 6.45) is 4.03. The van der Waals surface area contributed by atoms with Gasteiger partial charge in [0.2, 0.25) is 0 Å². The first-order valence-electron chi connectivity index (χ1n) is 5.71. The third-order valence-corrected chi connectivity index (χ3v) is 3.57. The van der Waals surface area contributed by atoms with Crippen LogP contribution in [0.4, 0.5) is 5.82 Å². The van der Waals surface area contributed by atoms with Gasteiger partial charge in [-0.15, -0.1) is 0 Å². The first-order chi connectivity index (χ1) is 8.22. The van der Waals surface area contributed by atoms with Crippen molar-refractivity contribution in [3.8, 4) is 6.07 Å². The number of halogens is 1. The standard InChI is InChI=1S/C12H15ClN4/c1-17-6-2-3-10(17)8-16-12-11(13)9(7-14)4-5-15-12/h4-5,10H,2-3,6,8H2,1H3,(H,15,16). The molecule has 4 nitrogen and oxygen atoms in total. The second kappa shape index (κ2) is 5.35. The molecule has 0 saturated carbocycles. The number of anilines is 1. The number of nitriles is 1. The van der Waals surface area contributed by atoms with Crippen LogP contribution in [0.2, 0.25) is 5.02 Å². The molecule has 2 heterocycles. The normalized spacial score (nSPS) is 20.2. The number of likely N-dealkylation sites (N-methyl/N-ethyl adjacent to an activating group) is 1. The predicted octanol–water partition coefficient (Wildman–Crippen LogP) is 2.11. The van der Waals surface area contributed by atoms with Crippen molar-refractivity contribution < 1.29 is 0 Å². The van der Waals surface area contributed by atoms with Crippen molar-refractivity contribution in [2.24, 2.45) is 0 Å². The zero-order chi connectivity index (χ0) is 12.3. The Labute approximate surface area is 106 Å². The molecule has 0 aliphatic carbocycles. The average Bonchev–Trinajstić information content (AvgIpc) is 2.74. The van der Waals surface area contributed by atoms with Gasteiger partial charge in [-0.1, -0.05) is 11.6 Å². The molecule has 1 N–H and O–H groups in total. The van der Waals surface area contributed by atoms with Gasteiger partial charge in [-0.3, -0.25) is 0 Å². The molecule has 0 bridgehead atoms. The van der Waals surface area contributed by atoms with Gasteiger partial charge in [-0.25, -0.2) is 4.98 Å². The minimum atomic E-state index is 0.413. The second-order valence-electron chi connectivity index (χ2n) is 4.29. The van der Waals surface area contributed by atoms with Crippen LogP contribution in [0.15, 0.2) is 12.3 Å². The molecule has 1 fully saturated rings. The van der Waals surface area contributed by atoms with Gasteiger partial charge < -0.3 is 10.2 Å². The van der Waals surface area contributed by atoms with E-state index in [1.165, 1.54) is 12.8 Å². The minimum Gasteiger partial charge on any atom is -0.367 e. The Morgan fingerprint density at radius 2 is 2.53 bits per heavy atom. The lowest BCUT2D eigenvalue weighted by Gasteiger charge is -2.20. The molecule has 0 aromatic carbocycles. The fraction of sp³-hybridized carbons (Fsp3) is 0.500. The fourth-order valence-corrected chi connectivity index (χ4v) is 2.33. The number of hydrogen-bond donors (Lipinski definition) is 1. The van der Waals surface area contributed by atoms with Crippen LogP contribution in [-0.4, -0.2) is 36.1 Å². The molecule has 17 heavy (non-hydrogen) atoms. The molecule has 1 atom stereocenters. The molecule has 1 unspecified atom stereocenters. The van der Waals surface area contributed by atoms with E-state index in [-0.39, 0.29) is 0 Å². The number of rotatable bonds is 3. The van der Waals surface area contributed by atoms with Crippen LogP contribution >= 0.6 is 11.6 Å². The molecule has 1 aromatic rings. The Morgan fingerprint density at radius 3 is 3.18 bits per heavy atom. The van der Waals surface area contributed by atoms with E-state index >= 15 is 0 Å². The number of nitrogens with zero attached hydrogens (tertiary/aromatic N) is 3. The van der Waals surface area contributed by atoms with E-state index in [0.29, 0.717) is 22.4 Å². The van der Waals surface area contributed by atoms with Crippen molar-refractivity contribution in [2.45, 2.75) is 18.9 Å². The Hall–Kier alpha value is -1.31. The van der Waals surface area contributed by atoms with Crippen molar-refractivity contribution in [3.05, 3.63) is 22.8 Å². The summed E-state index contributed by atoms with van der Waals surface area (Å²) < 4.78 is 0. The highest BCUT2D eigenvalue weighted by Gasteiger charge is 2.20. The summed E-state index contributed by atoms with van der Waals surface area (Å²) in [7, 11) is 2.13. The van der Waals surface area contributed by atoms with Crippen molar-refractivity contribution in [2.75, 3.05) is 25.5 Å². The Bertz CT molecular complexity index is 441. The zero-order valence-electron chi connectivity index (χ0n) is 9.78. The van der Waals surface area contributed by atoms with Crippen LogP contribution in [0.1, 0.15) is 18.4 Å². The molecule has 1 saturated heterocycles. The topological polar surface area (TPSA) is 52.0 Å². The summed E-state index contributed by atoms with van der Waals surface area (Å²) in [6.45, 7) is 1.96. The molecule has 0 amide bonds. The lowest BCUT2D eigenvalue weighted by molar-refractivity contribution is 0.322. The van der Waals surface area contributed by atoms with Gasteiger partial charge in [0.25, 0.3) is 0 Å². The van der Waals surface area contributed by atoms with Crippen LogP contribution in [-0.2, 0) is 0 Å². The maximum atomic E-state index is 8.87. The predicted molar refractivity (Wildman–Crippen MR) is 68.1 cm³/mol. The van der Waals surface area contributed by atoms with E-state index in [2.05, 4.69) is 28.3 Å². The number of hydrogen-bond acceptors (Lipinski definition) is 4. The van der Waals surface area contributed by atoms with Crippen molar-refractivity contribution in [3.63, 3.8) is 0 Å².